The molecular formula is C16H12ClNOS. The number of benzene rings is 2. The van der Waals surface area contributed by atoms with Crippen molar-refractivity contribution in [1.82, 2.24) is 0 Å². The second kappa shape index (κ2) is 5.78. The number of ether oxygens (including phenoxy) is 1. The van der Waals surface area contributed by atoms with Crippen LogP contribution in [0.15, 0.2) is 47.4 Å². The van der Waals surface area contributed by atoms with E-state index in [4.69, 9.17) is 21.6 Å². The fourth-order valence-electron chi connectivity index (χ4n) is 2.27. The highest BCUT2D eigenvalue weighted by atomic mass is 35.5. The minimum absolute atomic E-state index is 0.363. The first-order valence-corrected chi connectivity index (χ1v) is 7.68. The predicted octanol–water partition coefficient (Wildman–Crippen LogP) is 4.48. The molecule has 2 aromatic rings. The van der Waals surface area contributed by atoms with Gasteiger partial charge < -0.3 is 4.74 Å². The smallest absolute Gasteiger partial charge is 0.138 e. The minimum atomic E-state index is 0.363. The van der Waals surface area contributed by atoms with Crippen LogP contribution in [0.5, 0.6) is 5.75 Å². The highest BCUT2D eigenvalue weighted by molar-refractivity contribution is 7.99. The van der Waals surface area contributed by atoms with Crippen molar-refractivity contribution < 1.29 is 4.74 Å². The third kappa shape index (κ3) is 2.63. The zero-order valence-corrected chi connectivity index (χ0v) is 12.2. The summed E-state index contributed by atoms with van der Waals surface area (Å²) in [5.74, 6) is 1.94. The molecule has 20 heavy (non-hydrogen) atoms. The number of hydrogen-bond acceptors (Lipinski definition) is 3. The molecule has 1 heterocycles. The number of rotatable bonds is 3. The number of thioether (sulfide) groups is 1. The van der Waals surface area contributed by atoms with E-state index in [1.54, 1.807) is 18.2 Å². The summed E-state index contributed by atoms with van der Waals surface area (Å²) in [6.45, 7) is 0.568. The molecule has 0 spiro atoms. The molecule has 3 rings (SSSR count). The van der Waals surface area contributed by atoms with Gasteiger partial charge >= 0.3 is 0 Å². The zero-order valence-electron chi connectivity index (χ0n) is 10.7. The lowest BCUT2D eigenvalue weighted by Crippen LogP contribution is -2.10. The van der Waals surface area contributed by atoms with Crippen LogP contribution in [0.2, 0.25) is 5.02 Å². The summed E-state index contributed by atoms with van der Waals surface area (Å²) in [5.41, 5.74) is 1.85. The number of halogens is 1. The van der Waals surface area contributed by atoms with Crippen LogP contribution in [-0.4, -0.2) is 12.4 Å². The lowest BCUT2D eigenvalue weighted by Gasteiger charge is -2.13. The molecule has 0 N–H and O–H groups in total. The van der Waals surface area contributed by atoms with Gasteiger partial charge in [-0.25, -0.2) is 0 Å². The van der Waals surface area contributed by atoms with Crippen LogP contribution in [0.1, 0.15) is 17.0 Å². The van der Waals surface area contributed by atoms with Crippen LogP contribution in [0, 0.1) is 11.3 Å². The van der Waals surface area contributed by atoms with E-state index in [2.05, 4.69) is 30.3 Å². The Balaban J connectivity index is 1.76. The quantitative estimate of drug-likeness (QED) is 0.838. The van der Waals surface area contributed by atoms with Crippen molar-refractivity contribution in [2.75, 3.05) is 12.4 Å². The Morgan fingerprint density at radius 3 is 3.00 bits per heavy atom. The fourth-order valence-corrected chi connectivity index (χ4v) is 3.66. The van der Waals surface area contributed by atoms with Crippen LogP contribution in [-0.2, 0) is 0 Å². The van der Waals surface area contributed by atoms with Gasteiger partial charge in [0.1, 0.15) is 11.8 Å². The molecule has 1 atom stereocenters. The SMILES string of the molecule is N#Cc1ccc(Cl)cc1OCC1CSc2ccccc21. The summed E-state index contributed by atoms with van der Waals surface area (Å²) in [4.78, 5) is 1.33. The van der Waals surface area contributed by atoms with Crippen LogP contribution >= 0.6 is 23.4 Å². The minimum Gasteiger partial charge on any atom is -0.491 e. The lowest BCUT2D eigenvalue weighted by atomic mass is 10.0. The summed E-state index contributed by atoms with van der Waals surface area (Å²) in [5, 5.41) is 9.67. The van der Waals surface area contributed by atoms with Gasteiger partial charge in [-0.1, -0.05) is 29.8 Å². The van der Waals surface area contributed by atoms with Crippen LogP contribution < -0.4 is 4.74 Å². The summed E-state index contributed by atoms with van der Waals surface area (Å²) in [7, 11) is 0. The maximum atomic E-state index is 9.08. The molecule has 0 aliphatic carbocycles. The highest BCUT2D eigenvalue weighted by Crippen LogP contribution is 2.39. The number of nitrogens with zero attached hydrogens (tertiary/aromatic N) is 1. The second-order valence-corrected chi connectivity index (χ2v) is 6.11. The van der Waals surface area contributed by atoms with E-state index in [0.717, 1.165) is 5.75 Å². The van der Waals surface area contributed by atoms with Crippen molar-refractivity contribution >= 4 is 23.4 Å². The molecule has 0 fully saturated rings. The second-order valence-electron chi connectivity index (χ2n) is 4.61. The highest BCUT2D eigenvalue weighted by Gasteiger charge is 2.23. The van der Waals surface area contributed by atoms with Gasteiger partial charge in [-0.05, 0) is 23.8 Å². The Labute approximate surface area is 127 Å². The summed E-state index contributed by atoms with van der Waals surface area (Å²) in [6, 6.07) is 15.6. The number of hydrogen-bond donors (Lipinski definition) is 0. The van der Waals surface area contributed by atoms with Crippen molar-refractivity contribution in [3.63, 3.8) is 0 Å². The van der Waals surface area contributed by atoms with Gasteiger partial charge in [0.25, 0.3) is 0 Å². The Morgan fingerprint density at radius 2 is 2.15 bits per heavy atom. The van der Waals surface area contributed by atoms with Crippen LogP contribution in [0.3, 0.4) is 0 Å². The lowest BCUT2D eigenvalue weighted by molar-refractivity contribution is 0.297. The van der Waals surface area contributed by atoms with Gasteiger partial charge in [0.05, 0.1) is 12.2 Å². The van der Waals surface area contributed by atoms with E-state index in [0.29, 0.717) is 28.9 Å². The normalized spacial score (nSPS) is 16.5. The zero-order chi connectivity index (χ0) is 13.9. The molecule has 1 unspecified atom stereocenters. The summed E-state index contributed by atoms with van der Waals surface area (Å²) in [6.07, 6.45) is 0. The monoisotopic (exact) mass is 301 g/mol. The van der Waals surface area contributed by atoms with Gasteiger partial charge in [-0.2, -0.15) is 5.26 Å². The largest absolute Gasteiger partial charge is 0.491 e. The van der Waals surface area contributed by atoms with E-state index < -0.39 is 0 Å². The van der Waals surface area contributed by atoms with Crippen molar-refractivity contribution in [2.24, 2.45) is 0 Å². The first-order valence-electron chi connectivity index (χ1n) is 6.32. The molecule has 4 heteroatoms. The molecule has 0 amide bonds. The van der Waals surface area contributed by atoms with Crippen molar-refractivity contribution in [2.45, 2.75) is 10.8 Å². The Hall–Kier alpha value is -1.63. The van der Waals surface area contributed by atoms with E-state index in [1.165, 1.54) is 10.5 Å². The molecule has 0 aromatic heterocycles. The fraction of sp³-hybridized carbons (Fsp3) is 0.188. The predicted molar refractivity (Wildman–Crippen MR) is 81.6 cm³/mol. The van der Waals surface area contributed by atoms with Gasteiger partial charge in [-0.3, -0.25) is 0 Å². The molecule has 2 aromatic carbocycles. The first kappa shape index (κ1) is 13.4. The Kier molecular flexibility index (Phi) is 3.86. The first-order chi connectivity index (χ1) is 9.78. The molecule has 0 bridgehead atoms. The molecular weight excluding hydrogens is 290 g/mol. The van der Waals surface area contributed by atoms with Gasteiger partial charge in [0, 0.05) is 27.7 Å². The topological polar surface area (TPSA) is 33.0 Å². The van der Waals surface area contributed by atoms with Gasteiger partial charge in [-0.15, -0.1) is 11.8 Å². The molecule has 1 aliphatic rings. The molecule has 1 aliphatic heterocycles. The standard InChI is InChI=1S/C16H12ClNOS/c17-13-6-5-11(8-18)15(7-13)19-9-12-10-20-16-4-2-1-3-14(12)16/h1-7,12H,9-10H2. The third-order valence-electron chi connectivity index (χ3n) is 3.30. The molecule has 0 radical (unpaired) electrons. The van der Waals surface area contributed by atoms with Crippen LogP contribution in [0.4, 0.5) is 0 Å². The number of nitriles is 1. The van der Waals surface area contributed by atoms with Gasteiger partial charge in [0.2, 0.25) is 0 Å². The van der Waals surface area contributed by atoms with Gasteiger partial charge in [0.15, 0.2) is 0 Å². The van der Waals surface area contributed by atoms with Crippen LogP contribution in [0.25, 0.3) is 0 Å². The van der Waals surface area contributed by atoms with E-state index in [1.807, 2.05) is 11.8 Å². The Bertz CT molecular complexity index is 680. The average molecular weight is 302 g/mol. The summed E-state index contributed by atoms with van der Waals surface area (Å²) < 4.78 is 5.83. The third-order valence-corrected chi connectivity index (χ3v) is 4.79. The van der Waals surface area contributed by atoms with E-state index in [-0.39, 0.29) is 0 Å². The van der Waals surface area contributed by atoms with Crippen molar-refractivity contribution in [3.8, 4) is 11.8 Å². The molecule has 0 saturated heterocycles. The maximum absolute atomic E-state index is 9.08. The molecule has 2 nitrogen and oxygen atoms in total. The van der Waals surface area contributed by atoms with E-state index in [9.17, 15) is 0 Å². The van der Waals surface area contributed by atoms with Crippen molar-refractivity contribution in [3.05, 3.63) is 58.6 Å². The van der Waals surface area contributed by atoms with E-state index >= 15 is 0 Å². The molecule has 0 saturated carbocycles. The molecule has 100 valence electrons. The van der Waals surface area contributed by atoms with Crippen molar-refractivity contribution in [1.29, 1.82) is 5.26 Å². The summed E-state index contributed by atoms with van der Waals surface area (Å²) >= 11 is 7.81. The maximum Gasteiger partial charge on any atom is 0.138 e. The Morgan fingerprint density at radius 1 is 1.30 bits per heavy atom. The number of fused-ring (bicyclic) bond motifs is 1. The average Bonchev–Trinajstić information content (AvgIpc) is 2.88.